The molecule has 2 aromatic heterocycles. The van der Waals surface area contributed by atoms with Gasteiger partial charge in [-0.3, -0.25) is 4.57 Å². The molecule has 0 saturated carbocycles. The van der Waals surface area contributed by atoms with E-state index in [1.807, 2.05) is 40.2 Å². The molecule has 0 N–H and O–H groups in total. The van der Waals surface area contributed by atoms with Crippen molar-refractivity contribution in [1.82, 2.24) is 9.55 Å². The molecule has 0 spiro atoms. The van der Waals surface area contributed by atoms with Crippen molar-refractivity contribution in [2.45, 2.75) is 43.0 Å². The number of nitrogens with zero attached hydrogens (tertiary/aromatic N) is 2. The summed E-state index contributed by atoms with van der Waals surface area (Å²) in [6, 6.07) is 20.7. The molecule has 0 atom stereocenters. The van der Waals surface area contributed by atoms with Crippen LogP contribution < -0.4 is 5.69 Å². The number of hydrogen-bond acceptors (Lipinski definition) is 4. The van der Waals surface area contributed by atoms with Crippen molar-refractivity contribution in [2.24, 2.45) is 0 Å². The standard InChI is InChI=1S/C24H22N2OS2/c27-24-25-21-19-13-7-8-14-20(19)29-22(21)23(28-16-18-11-5-2-6-12-18)26(24)15-17-9-3-1-4-10-17/h1-6,9-12H,7-8,13-16H2. The van der Waals surface area contributed by atoms with Crippen molar-refractivity contribution >= 4 is 33.3 Å². The Morgan fingerprint density at radius 3 is 2.38 bits per heavy atom. The van der Waals surface area contributed by atoms with E-state index in [4.69, 9.17) is 0 Å². The molecule has 146 valence electrons. The van der Waals surface area contributed by atoms with Crippen molar-refractivity contribution in [3.63, 3.8) is 0 Å². The number of rotatable bonds is 5. The summed E-state index contributed by atoms with van der Waals surface area (Å²) in [5.74, 6) is 0.844. The highest BCUT2D eigenvalue weighted by atomic mass is 32.2. The zero-order valence-corrected chi connectivity index (χ0v) is 17.8. The lowest BCUT2D eigenvalue weighted by Gasteiger charge is -2.14. The third-order valence-electron chi connectivity index (χ3n) is 5.42. The van der Waals surface area contributed by atoms with Crippen LogP contribution in [0.15, 0.2) is 70.5 Å². The maximum absolute atomic E-state index is 13.1. The van der Waals surface area contributed by atoms with E-state index in [0.29, 0.717) is 6.54 Å². The molecule has 0 aliphatic heterocycles. The molecule has 5 rings (SSSR count). The SMILES string of the molecule is O=c1nc2c3c(sc2c(SCc2ccccc2)n1Cc1ccccc1)CCCC3. The van der Waals surface area contributed by atoms with Crippen LogP contribution in [-0.2, 0) is 25.1 Å². The molecule has 0 fully saturated rings. The lowest BCUT2D eigenvalue weighted by Crippen LogP contribution is -2.25. The van der Waals surface area contributed by atoms with Gasteiger partial charge in [0, 0.05) is 10.6 Å². The van der Waals surface area contributed by atoms with E-state index in [1.165, 1.54) is 33.5 Å². The molecule has 0 unspecified atom stereocenters. The molecule has 2 aromatic carbocycles. The molecule has 0 bridgehead atoms. The van der Waals surface area contributed by atoms with Gasteiger partial charge in [0.2, 0.25) is 0 Å². The van der Waals surface area contributed by atoms with E-state index < -0.39 is 0 Å². The normalized spacial score (nSPS) is 13.5. The summed E-state index contributed by atoms with van der Waals surface area (Å²) in [6.45, 7) is 0.558. The van der Waals surface area contributed by atoms with Crippen LogP contribution in [0.4, 0.5) is 0 Å². The van der Waals surface area contributed by atoms with E-state index in [9.17, 15) is 4.79 Å². The summed E-state index contributed by atoms with van der Waals surface area (Å²) in [5, 5.41) is 1.06. The van der Waals surface area contributed by atoms with E-state index >= 15 is 0 Å². The summed E-state index contributed by atoms with van der Waals surface area (Å²) >= 11 is 3.61. The first-order valence-electron chi connectivity index (χ1n) is 10.1. The second kappa shape index (κ2) is 8.17. The van der Waals surface area contributed by atoms with Crippen LogP contribution in [0.2, 0.25) is 0 Å². The van der Waals surface area contributed by atoms with Crippen LogP contribution in [0.5, 0.6) is 0 Å². The number of fused-ring (bicyclic) bond motifs is 3. The lowest BCUT2D eigenvalue weighted by atomic mass is 9.98. The van der Waals surface area contributed by atoms with Crippen molar-refractivity contribution in [2.75, 3.05) is 0 Å². The molecule has 3 nitrogen and oxygen atoms in total. The second-order valence-electron chi connectivity index (χ2n) is 7.43. The van der Waals surface area contributed by atoms with Gasteiger partial charge in [0.25, 0.3) is 0 Å². The van der Waals surface area contributed by atoms with Gasteiger partial charge in [-0.1, -0.05) is 60.7 Å². The van der Waals surface area contributed by atoms with Gasteiger partial charge in [0.15, 0.2) is 0 Å². The topological polar surface area (TPSA) is 34.9 Å². The minimum absolute atomic E-state index is 0.136. The van der Waals surface area contributed by atoms with Crippen LogP contribution in [0, 0.1) is 0 Å². The van der Waals surface area contributed by atoms with Gasteiger partial charge < -0.3 is 0 Å². The van der Waals surface area contributed by atoms with Gasteiger partial charge in [-0.25, -0.2) is 4.79 Å². The van der Waals surface area contributed by atoms with Crippen molar-refractivity contribution in [3.8, 4) is 0 Å². The van der Waals surface area contributed by atoms with Crippen molar-refractivity contribution < 1.29 is 0 Å². The van der Waals surface area contributed by atoms with Gasteiger partial charge >= 0.3 is 5.69 Å². The van der Waals surface area contributed by atoms with Crippen LogP contribution in [0.25, 0.3) is 10.2 Å². The van der Waals surface area contributed by atoms with Crippen LogP contribution in [-0.4, -0.2) is 9.55 Å². The maximum Gasteiger partial charge on any atom is 0.349 e. The largest absolute Gasteiger partial charge is 0.349 e. The fourth-order valence-corrected chi connectivity index (χ4v) is 6.55. The van der Waals surface area contributed by atoms with Crippen LogP contribution in [0.1, 0.15) is 34.4 Å². The van der Waals surface area contributed by atoms with E-state index in [2.05, 4.69) is 41.4 Å². The Morgan fingerprint density at radius 1 is 0.931 bits per heavy atom. The monoisotopic (exact) mass is 418 g/mol. The molecule has 2 heterocycles. The van der Waals surface area contributed by atoms with Crippen LogP contribution in [0.3, 0.4) is 0 Å². The molecule has 0 saturated heterocycles. The number of aryl methyl sites for hydroxylation is 2. The molecule has 29 heavy (non-hydrogen) atoms. The Balaban J connectivity index is 1.63. The number of thioether (sulfide) groups is 1. The predicted molar refractivity (Wildman–Crippen MR) is 122 cm³/mol. The Hall–Kier alpha value is -2.37. The molecular weight excluding hydrogens is 396 g/mol. The molecule has 5 heteroatoms. The van der Waals surface area contributed by atoms with E-state index in [0.717, 1.165) is 34.7 Å². The number of aromatic nitrogens is 2. The van der Waals surface area contributed by atoms with Gasteiger partial charge in [0.1, 0.15) is 0 Å². The van der Waals surface area contributed by atoms with Crippen LogP contribution >= 0.6 is 23.1 Å². The predicted octanol–water partition coefficient (Wildman–Crippen LogP) is 5.68. The number of thiophene rings is 1. The highest BCUT2D eigenvalue weighted by Gasteiger charge is 2.22. The molecular formula is C24H22N2OS2. The first-order chi connectivity index (χ1) is 14.3. The Labute approximate surface area is 178 Å². The van der Waals surface area contributed by atoms with Gasteiger partial charge in [-0.2, -0.15) is 4.98 Å². The lowest BCUT2D eigenvalue weighted by molar-refractivity contribution is 0.671. The highest BCUT2D eigenvalue weighted by Crippen LogP contribution is 2.40. The molecule has 4 aromatic rings. The molecule has 1 aliphatic rings. The van der Waals surface area contributed by atoms with Crippen molar-refractivity contribution in [3.05, 3.63) is 92.7 Å². The summed E-state index contributed by atoms with van der Waals surface area (Å²) in [4.78, 5) is 19.1. The fraction of sp³-hybridized carbons (Fsp3) is 0.250. The highest BCUT2D eigenvalue weighted by molar-refractivity contribution is 7.98. The summed E-state index contributed by atoms with van der Waals surface area (Å²) in [6.07, 6.45) is 4.60. The average Bonchev–Trinajstić information content (AvgIpc) is 3.13. The van der Waals surface area contributed by atoms with Gasteiger partial charge in [-0.15, -0.1) is 23.1 Å². The Morgan fingerprint density at radius 2 is 1.62 bits per heavy atom. The van der Waals surface area contributed by atoms with Crippen molar-refractivity contribution in [1.29, 1.82) is 0 Å². The van der Waals surface area contributed by atoms with Gasteiger partial charge in [-0.05, 0) is 42.4 Å². The average molecular weight is 419 g/mol. The minimum atomic E-state index is -0.136. The fourth-order valence-electron chi connectivity index (χ4n) is 3.95. The zero-order valence-electron chi connectivity index (χ0n) is 16.1. The summed E-state index contributed by atoms with van der Waals surface area (Å²) in [5.41, 5.74) is 4.53. The third-order valence-corrected chi connectivity index (χ3v) is 8.02. The second-order valence-corrected chi connectivity index (χ2v) is 9.50. The van der Waals surface area contributed by atoms with Gasteiger partial charge in [0.05, 0.1) is 21.8 Å². The first-order valence-corrected chi connectivity index (χ1v) is 11.9. The minimum Gasteiger partial charge on any atom is -0.281 e. The number of benzene rings is 2. The first kappa shape index (κ1) is 18.6. The smallest absolute Gasteiger partial charge is 0.281 e. The number of hydrogen-bond donors (Lipinski definition) is 0. The Bertz CT molecular complexity index is 1200. The Kier molecular flexibility index (Phi) is 5.25. The maximum atomic E-state index is 13.1. The quantitative estimate of drug-likeness (QED) is 0.309. The van der Waals surface area contributed by atoms with E-state index in [1.54, 1.807) is 11.8 Å². The van der Waals surface area contributed by atoms with E-state index in [-0.39, 0.29) is 5.69 Å². The summed E-state index contributed by atoms with van der Waals surface area (Å²) in [7, 11) is 0. The third kappa shape index (κ3) is 3.77. The molecule has 0 radical (unpaired) electrons. The zero-order chi connectivity index (χ0) is 19.6. The molecule has 0 amide bonds. The molecule has 1 aliphatic carbocycles. The summed E-state index contributed by atoms with van der Waals surface area (Å²) < 4.78 is 3.06.